The summed E-state index contributed by atoms with van der Waals surface area (Å²) < 4.78 is 5.83. The molecule has 5 heteroatoms. The molecule has 0 aliphatic rings. The highest BCUT2D eigenvalue weighted by Crippen LogP contribution is 2.25. The highest BCUT2D eigenvalue weighted by atomic mass is 32.1. The SMILES string of the molecule is Cc1ccc(OCC(C)C)c(Cc2nc(C(=O)[O-])cs2)c1. The van der Waals surface area contributed by atoms with Gasteiger partial charge in [0, 0.05) is 17.4 Å². The normalized spacial score (nSPS) is 10.9. The van der Waals surface area contributed by atoms with Gasteiger partial charge in [-0.25, -0.2) is 4.98 Å². The number of carboxylic acid groups (broad SMARTS) is 1. The second kappa shape index (κ2) is 6.72. The minimum Gasteiger partial charge on any atom is -0.543 e. The van der Waals surface area contributed by atoms with E-state index in [1.807, 2.05) is 19.1 Å². The minimum absolute atomic E-state index is 0.00713. The van der Waals surface area contributed by atoms with Crippen LogP contribution in [0.3, 0.4) is 0 Å². The van der Waals surface area contributed by atoms with E-state index < -0.39 is 5.97 Å². The number of hydrogen-bond acceptors (Lipinski definition) is 5. The van der Waals surface area contributed by atoms with E-state index in [4.69, 9.17) is 4.74 Å². The summed E-state index contributed by atoms with van der Waals surface area (Å²) in [5, 5.41) is 13.0. The van der Waals surface area contributed by atoms with Crippen LogP contribution in [0.2, 0.25) is 0 Å². The fourth-order valence-corrected chi connectivity index (χ4v) is 2.68. The Balaban J connectivity index is 2.20. The van der Waals surface area contributed by atoms with Crippen LogP contribution in [0.4, 0.5) is 0 Å². The van der Waals surface area contributed by atoms with Gasteiger partial charge in [0.2, 0.25) is 0 Å². The Kier molecular flexibility index (Phi) is 4.96. The predicted octanol–water partition coefficient (Wildman–Crippen LogP) is 2.44. The summed E-state index contributed by atoms with van der Waals surface area (Å²) in [5.74, 6) is 0.0428. The molecule has 0 atom stereocenters. The van der Waals surface area contributed by atoms with Crippen LogP contribution in [0.5, 0.6) is 5.75 Å². The number of aromatic carboxylic acids is 1. The molecule has 1 heterocycles. The summed E-state index contributed by atoms with van der Waals surface area (Å²) in [7, 11) is 0. The summed E-state index contributed by atoms with van der Waals surface area (Å²) in [6, 6.07) is 6.02. The first kappa shape index (κ1) is 15.5. The lowest BCUT2D eigenvalue weighted by molar-refractivity contribution is -0.255. The summed E-state index contributed by atoms with van der Waals surface area (Å²) in [6.07, 6.45) is 0.563. The molecule has 0 saturated heterocycles. The number of thiazole rings is 1. The van der Waals surface area contributed by atoms with Crippen LogP contribution < -0.4 is 9.84 Å². The van der Waals surface area contributed by atoms with Gasteiger partial charge in [-0.2, -0.15) is 0 Å². The molecule has 0 fully saturated rings. The van der Waals surface area contributed by atoms with Gasteiger partial charge in [-0.15, -0.1) is 11.3 Å². The molecule has 0 amide bonds. The first-order valence-electron chi connectivity index (χ1n) is 6.83. The average Bonchev–Trinajstić information content (AvgIpc) is 2.86. The monoisotopic (exact) mass is 304 g/mol. The zero-order valence-corrected chi connectivity index (χ0v) is 13.2. The summed E-state index contributed by atoms with van der Waals surface area (Å²) in [4.78, 5) is 14.8. The quantitative estimate of drug-likeness (QED) is 0.822. The third-order valence-corrected chi connectivity index (χ3v) is 3.74. The largest absolute Gasteiger partial charge is 0.543 e. The van der Waals surface area contributed by atoms with Crippen molar-refractivity contribution in [1.82, 2.24) is 4.98 Å². The second-order valence-electron chi connectivity index (χ2n) is 5.41. The molecule has 4 nitrogen and oxygen atoms in total. The van der Waals surface area contributed by atoms with Crippen LogP contribution in [0.25, 0.3) is 0 Å². The number of aryl methyl sites for hydroxylation is 1. The first-order valence-corrected chi connectivity index (χ1v) is 7.71. The van der Waals surface area contributed by atoms with Gasteiger partial charge < -0.3 is 14.6 Å². The van der Waals surface area contributed by atoms with E-state index in [2.05, 4.69) is 24.9 Å². The van der Waals surface area contributed by atoms with Crippen molar-refractivity contribution >= 4 is 17.3 Å². The number of benzene rings is 1. The smallest absolute Gasteiger partial charge is 0.122 e. The number of carbonyl (C=O) groups is 1. The van der Waals surface area contributed by atoms with Crippen LogP contribution in [0.1, 0.15) is 40.5 Å². The highest BCUT2D eigenvalue weighted by Gasteiger charge is 2.10. The van der Waals surface area contributed by atoms with Crippen LogP contribution in [0, 0.1) is 12.8 Å². The number of nitrogens with zero attached hydrogens (tertiary/aromatic N) is 1. The van der Waals surface area contributed by atoms with E-state index in [0.717, 1.165) is 21.9 Å². The molecule has 1 aromatic heterocycles. The lowest BCUT2D eigenvalue weighted by atomic mass is 10.1. The van der Waals surface area contributed by atoms with Crippen LogP contribution in [-0.4, -0.2) is 17.6 Å². The molecule has 0 saturated carbocycles. The standard InChI is InChI=1S/C16H19NO3S/c1-10(2)8-20-14-5-4-11(3)6-12(14)7-15-17-13(9-21-15)16(18)19/h4-6,9-10H,7-8H2,1-3H3,(H,18,19)/p-1. The molecule has 0 N–H and O–H groups in total. The number of carbonyl (C=O) groups excluding carboxylic acids is 1. The Morgan fingerprint density at radius 3 is 2.81 bits per heavy atom. The maximum Gasteiger partial charge on any atom is 0.122 e. The molecule has 0 aliphatic carbocycles. The molecule has 112 valence electrons. The van der Waals surface area contributed by atoms with Crippen molar-refractivity contribution in [3.8, 4) is 5.75 Å². The molecular weight excluding hydrogens is 286 g/mol. The molecule has 0 spiro atoms. The van der Waals surface area contributed by atoms with Crippen molar-refractivity contribution in [1.29, 1.82) is 0 Å². The number of hydrogen-bond donors (Lipinski definition) is 0. The Morgan fingerprint density at radius 2 is 2.19 bits per heavy atom. The van der Waals surface area contributed by atoms with Crippen LogP contribution in [-0.2, 0) is 6.42 Å². The van der Waals surface area contributed by atoms with E-state index in [9.17, 15) is 9.90 Å². The van der Waals surface area contributed by atoms with Crippen molar-refractivity contribution < 1.29 is 14.6 Å². The van der Waals surface area contributed by atoms with Gasteiger partial charge in [-0.1, -0.05) is 31.5 Å². The van der Waals surface area contributed by atoms with Gasteiger partial charge in [0.25, 0.3) is 0 Å². The van der Waals surface area contributed by atoms with Crippen molar-refractivity contribution in [2.45, 2.75) is 27.2 Å². The maximum absolute atomic E-state index is 10.8. The van der Waals surface area contributed by atoms with Gasteiger partial charge in [-0.3, -0.25) is 0 Å². The average molecular weight is 304 g/mol. The van der Waals surface area contributed by atoms with Gasteiger partial charge in [-0.05, 0) is 18.9 Å². The summed E-state index contributed by atoms with van der Waals surface area (Å²) >= 11 is 1.32. The zero-order valence-electron chi connectivity index (χ0n) is 12.4. The summed E-state index contributed by atoms with van der Waals surface area (Å²) in [5.41, 5.74) is 2.15. The highest BCUT2D eigenvalue weighted by molar-refractivity contribution is 7.09. The Bertz CT molecular complexity index is 634. The summed E-state index contributed by atoms with van der Waals surface area (Å²) in [6.45, 7) is 6.87. The second-order valence-corrected chi connectivity index (χ2v) is 6.35. The number of rotatable bonds is 6. The maximum atomic E-state index is 10.8. The van der Waals surface area contributed by atoms with Crippen molar-refractivity contribution in [2.75, 3.05) is 6.61 Å². The molecule has 1 aromatic carbocycles. The minimum atomic E-state index is -1.24. The molecule has 0 unspecified atom stereocenters. The van der Waals surface area contributed by atoms with Gasteiger partial charge in [0.1, 0.15) is 5.75 Å². The van der Waals surface area contributed by atoms with Gasteiger partial charge >= 0.3 is 0 Å². The molecule has 0 aliphatic heterocycles. The van der Waals surface area contributed by atoms with E-state index in [1.54, 1.807) is 0 Å². The topological polar surface area (TPSA) is 62.2 Å². The lowest BCUT2D eigenvalue weighted by Gasteiger charge is -2.13. The first-order chi connectivity index (χ1) is 9.95. The number of carboxylic acids is 1. The van der Waals surface area contributed by atoms with Crippen LogP contribution >= 0.6 is 11.3 Å². The van der Waals surface area contributed by atoms with Crippen molar-refractivity contribution in [3.05, 3.63) is 45.4 Å². The predicted molar refractivity (Wildman–Crippen MR) is 80.8 cm³/mol. The third kappa shape index (κ3) is 4.29. The third-order valence-electron chi connectivity index (χ3n) is 2.89. The molecular formula is C16H18NO3S-. The molecule has 2 rings (SSSR count). The Morgan fingerprint density at radius 1 is 1.43 bits per heavy atom. The van der Waals surface area contributed by atoms with Crippen LogP contribution in [0.15, 0.2) is 23.6 Å². The molecule has 2 aromatic rings. The van der Waals surface area contributed by atoms with Gasteiger partial charge in [0.05, 0.1) is 23.3 Å². The molecule has 0 radical (unpaired) electrons. The Labute approximate surface area is 128 Å². The molecule has 0 bridgehead atoms. The van der Waals surface area contributed by atoms with E-state index in [-0.39, 0.29) is 5.69 Å². The van der Waals surface area contributed by atoms with E-state index in [1.165, 1.54) is 16.7 Å². The zero-order chi connectivity index (χ0) is 15.4. The van der Waals surface area contributed by atoms with Gasteiger partial charge in [0.15, 0.2) is 0 Å². The molecule has 21 heavy (non-hydrogen) atoms. The fourth-order valence-electron chi connectivity index (χ4n) is 1.89. The lowest BCUT2D eigenvalue weighted by Crippen LogP contribution is -2.22. The van der Waals surface area contributed by atoms with E-state index in [0.29, 0.717) is 18.9 Å². The number of aromatic nitrogens is 1. The Hall–Kier alpha value is -1.88. The number of ether oxygens (including phenoxy) is 1. The fraction of sp³-hybridized carbons (Fsp3) is 0.375. The van der Waals surface area contributed by atoms with E-state index >= 15 is 0 Å². The van der Waals surface area contributed by atoms with Crippen molar-refractivity contribution in [3.63, 3.8) is 0 Å². The van der Waals surface area contributed by atoms with Crippen molar-refractivity contribution in [2.24, 2.45) is 5.92 Å².